The first-order chi connectivity index (χ1) is 14.4. The minimum Gasteiger partial charge on any atom is -0.462 e. The molecule has 0 bridgehead atoms. The summed E-state index contributed by atoms with van der Waals surface area (Å²) in [6, 6.07) is 6.56. The lowest BCUT2D eigenvalue weighted by Crippen LogP contribution is -2.42. The number of ether oxygens (including phenoxy) is 1. The maximum atomic E-state index is 13.4. The van der Waals surface area contributed by atoms with E-state index in [2.05, 4.69) is 6.08 Å². The summed E-state index contributed by atoms with van der Waals surface area (Å²) < 4.78 is 19.1. The number of hydrogen-bond acceptors (Lipinski definition) is 3. The Morgan fingerprint density at radius 2 is 2.03 bits per heavy atom. The summed E-state index contributed by atoms with van der Waals surface area (Å²) in [7, 11) is 0. The van der Waals surface area contributed by atoms with Gasteiger partial charge in [-0.15, -0.1) is 0 Å². The van der Waals surface area contributed by atoms with Gasteiger partial charge in [0.15, 0.2) is 0 Å². The molecule has 3 aliphatic rings. The van der Waals surface area contributed by atoms with Gasteiger partial charge in [-0.3, -0.25) is 4.79 Å². The predicted molar refractivity (Wildman–Crippen MR) is 118 cm³/mol. The topological polar surface area (TPSA) is 52.3 Å². The molecular formula is C26H32FNO2. The van der Waals surface area contributed by atoms with E-state index in [9.17, 15) is 9.18 Å². The Morgan fingerprint density at radius 3 is 2.83 bits per heavy atom. The lowest BCUT2D eigenvalue weighted by Gasteiger charge is -2.45. The van der Waals surface area contributed by atoms with E-state index in [4.69, 9.17) is 10.5 Å². The molecule has 1 saturated heterocycles. The highest BCUT2D eigenvalue weighted by molar-refractivity contribution is 5.75. The number of fused-ring (bicyclic) bond motifs is 2. The van der Waals surface area contributed by atoms with Gasteiger partial charge >= 0.3 is 5.97 Å². The van der Waals surface area contributed by atoms with Crippen LogP contribution in [0.5, 0.6) is 0 Å². The van der Waals surface area contributed by atoms with Crippen molar-refractivity contribution in [3.8, 4) is 0 Å². The third kappa shape index (κ3) is 4.23. The number of hydrogen-bond donors (Lipinski definition) is 1. The number of esters is 1. The van der Waals surface area contributed by atoms with Crippen molar-refractivity contribution in [3.05, 3.63) is 65.6 Å². The van der Waals surface area contributed by atoms with Crippen LogP contribution in [0, 0.1) is 35.4 Å². The third-order valence-electron chi connectivity index (χ3n) is 7.39. The second-order valence-corrected chi connectivity index (χ2v) is 9.23. The highest BCUT2D eigenvalue weighted by Gasteiger charge is 2.53. The van der Waals surface area contributed by atoms with Crippen LogP contribution in [0.2, 0.25) is 0 Å². The second kappa shape index (κ2) is 8.79. The fraction of sp³-hybridized carbons (Fsp3) is 0.500. The van der Waals surface area contributed by atoms with Crippen molar-refractivity contribution in [2.24, 2.45) is 35.3 Å². The number of cyclic esters (lactones) is 1. The second-order valence-electron chi connectivity index (χ2n) is 9.23. The minimum atomic E-state index is -0.242. The summed E-state index contributed by atoms with van der Waals surface area (Å²) in [6.45, 7) is 3.99. The summed E-state index contributed by atoms with van der Waals surface area (Å²) in [5, 5.41) is 0. The van der Waals surface area contributed by atoms with Gasteiger partial charge in [0.2, 0.25) is 0 Å². The van der Waals surface area contributed by atoms with Gasteiger partial charge in [-0.2, -0.15) is 0 Å². The van der Waals surface area contributed by atoms with E-state index in [1.807, 2.05) is 38.1 Å². The molecule has 1 heterocycles. The van der Waals surface area contributed by atoms with Gasteiger partial charge in [-0.1, -0.05) is 43.5 Å². The molecule has 3 fully saturated rings. The van der Waals surface area contributed by atoms with Crippen LogP contribution >= 0.6 is 0 Å². The van der Waals surface area contributed by atoms with E-state index in [-0.39, 0.29) is 29.7 Å². The maximum absolute atomic E-state index is 13.4. The summed E-state index contributed by atoms with van der Waals surface area (Å²) in [4.78, 5) is 12.4. The molecule has 0 radical (unpaired) electrons. The number of carbonyl (C=O) groups excluding carboxylic acids is 1. The van der Waals surface area contributed by atoms with Gasteiger partial charge in [0.1, 0.15) is 11.9 Å². The molecule has 2 N–H and O–H groups in total. The number of nitrogens with two attached hydrogens (primary N) is 1. The summed E-state index contributed by atoms with van der Waals surface area (Å²) in [6.07, 6.45) is 14.0. The molecule has 1 unspecified atom stereocenters. The molecule has 0 spiro atoms. The first-order valence-electron chi connectivity index (χ1n) is 11.2. The number of rotatable bonds is 4. The average molecular weight is 410 g/mol. The SMILES string of the molecule is C\C(=C/C=C(N)/C=C/[C@H]1C2CCCC[C@H]2C[C@H]2C(=O)O[C@H](C)[C@H]21)c1cccc(F)c1. The molecule has 30 heavy (non-hydrogen) atoms. The van der Waals surface area contributed by atoms with Crippen molar-refractivity contribution in [2.75, 3.05) is 0 Å². The summed E-state index contributed by atoms with van der Waals surface area (Å²) >= 11 is 0. The maximum Gasteiger partial charge on any atom is 0.309 e. The molecule has 0 aromatic heterocycles. The van der Waals surface area contributed by atoms with Gasteiger partial charge in [-0.05, 0) is 79.9 Å². The molecule has 0 amide bonds. The highest BCUT2D eigenvalue weighted by atomic mass is 19.1. The Labute approximate surface area is 178 Å². The fourth-order valence-electron chi connectivity index (χ4n) is 5.92. The van der Waals surface area contributed by atoms with E-state index in [1.54, 1.807) is 6.07 Å². The van der Waals surface area contributed by atoms with Crippen LogP contribution in [0.4, 0.5) is 4.39 Å². The molecule has 2 aliphatic carbocycles. The van der Waals surface area contributed by atoms with Crippen molar-refractivity contribution in [2.45, 2.75) is 52.1 Å². The van der Waals surface area contributed by atoms with Crippen molar-refractivity contribution < 1.29 is 13.9 Å². The third-order valence-corrected chi connectivity index (χ3v) is 7.39. The van der Waals surface area contributed by atoms with Crippen LogP contribution in [0.15, 0.2) is 54.3 Å². The number of halogens is 1. The van der Waals surface area contributed by atoms with Crippen molar-refractivity contribution >= 4 is 11.5 Å². The quantitative estimate of drug-likeness (QED) is 0.518. The Morgan fingerprint density at radius 1 is 1.23 bits per heavy atom. The standard InChI is InChI=1S/C26H32FNO2/c1-16(18-7-5-8-20(27)14-18)10-11-21(28)12-13-23-22-9-4-3-6-19(22)15-24-25(23)17(2)30-26(24)29/h5,7-8,10-14,17,19,22-25H,3-4,6,9,15,28H2,1-2H3/b13-12+,16-10+,21-11-/t17-,19+,22?,23+,24-,25+/m1/s1. The molecule has 1 aromatic rings. The Balaban J connectivity index is 1.53. The smallest absolute Gasteiger partial charge is 0.309 e. The Hall–Kier alpha value is -2.36. The van der Waals surface area contributed by atoms with Gasteiger partial charge in [-0.25, -0.2) is 4.39 Å². The van der Waals surface area contributed by atoms with E-state index in [0.717, 1.165) is 17.6 Å². The molecular weight excluding hydrogens is 377 g/mol. The van der Waals surface area contributed by atoms with Gasteiger partial charge in [0.25, 0.3) is 0 Å². The minimum absolute atomic E-state index is 0.00733. The first-order valence-corrected chi connectivity index (χ1v) is 11.2. The largest absolute Gasteiger partial charge is 0.462 e. The van der Waals surface area contributed by atoms with Crippen LogP contribution in [0.3, 0.4) is 0 Å². The molecule has 4 rings (SSSR count). The highest BCUT2D eigenvalue weighted by Crippen LogP contribution is 2.53. The Kier molecular flexibility index (Phi) is 6.12. The Bertz CT molecular complexity index is 887. The lowest BCUT2D eigenvalue weighted by molar-refractivity contribution is -0.144. The molecule has 1 aliphatic heterocycles. The van der Waals surface area contributed by atoms with Gasteiger partial charge in [0.05, 0.1) is 5.92 Å². The average Bonchev–Trinajstić information content (AvgIpc) is 3.02. The zero-order chi connectivity index (χ0) is 21.3. The van der Waals surface area contributed by atoms with Crippen LogP contribution in [-0.2, 0) is 9.53 Å². The van der Waals surface area contributed by atoms with Crippen LogP contribution in [0.25, 0.3) is 5.57 Å². The van der Waals surface area contributed by atoms with Crippen LogP contribution < -0.4 is 5.73 Å². The molecule has 6 atom stereocenters. The van der Waals surface area contributed by atoms with Crippen molar-refractivity contribution in [1.82, 2.24) is 0 Å². The molecule has 2 saturated carbocycles. The lowest BCUT2D eigenvalue weighted by atomic mass is 9.57. The zero-order valence-corrected chi connectivity index (χ0v) is 17.9. The van der Waals surface area contributed by atoms with Crippen LogP contribution in [0.1, 0.15) is 51.5 Å². The molecule has 3 nitrogen and oxygen atoms in total. The van der Waals surface area contributed by atoms with E-state index in [1.165, 1.54) is 37.8 Å². The van der Waals surface area contributed by atoms with Crippen molar-refractivity contribution in [1.29, 1.82) is 0 Å². The molecule has 4 heteroatoms. The monoisotopic (exact) mass is 409 g/mol. The van der Waals surface area contributed by atoms with E-state index < -0.39 is 0 Å². The van der Waals surface area contributed by atoms with Crippen molar-refractivity contribution in [3.63, 3.8) is 0 Å². The number of allylic oxidation sites excluding steroid dienone is 5. The van der Waals surface area contributed by atoms with Gasteiger partial charge < -0.3 is 10.5 Å². The predicted octanol–water partition coefficient (Wildman–Crippen LogP) is 5.63. The van der Waals surface area contributed by atoms with E-state index in [0.29, 0.717) is 23.5 Å². The molecule has 160 valence electrons. The van der Waals surface area contributed by atoms with Gasteiger partial charge in [0, 0.05) is 11.6 Å². The first kappa shape index (κ1) is 20.9. The fourth-order valence-corrected chi connectivity index (χ4v) is 5.92. The zero-order valence-electron chi connectivity index (χ0n) is 17.9. The molecule has 1 aromatic carbocycles. The summed E-state index contributed by atoms with van der Waals surface area (Å²) in [5.74, 6) is 1.61. The normalized spacial score (nSPS) is 34.6. The number of carbonyl (C=O) groups is 1. The number of benzene rings is 1. The summed E-state index contributed by atoms with van der Waals surface area (Å²) in [5.41, 5.74) is 8.74. The van der Waals surface area contributed by atoms with E-state index >= 15 is 0 Å². The van der Waals surface area contributed by atoms with Crippen LogP contribution in [-0.4, -0.2) is 12.1 Å².